The summed E-state index contributed by atoms with van der Waals surface area (Å²) >= 11 is 0. The molecule has 2 aromatic carbocycles. The van der Waals surface area contributed by atoms with E-state index in [1.165, 1.54) is 41.4 Å². The van der Waals surface area contributed by atoms with Crippen LogP contribution in [-0.4, -0.2) is 90.6 Å². The van der Waals surface area contributed by atoms with Gasteiger partial charge in [-0.15, -0.1) is 0 Å². The van der Waals surface area contributed by atoms with Crippen LogP contribution in [-0.2, 0) is 6.54 Å². The van der Waals surface area contributed by atoms with Gasteiger partial charge in [-0.3, -0.25) is 9.69 Å². The van der Waals surface area contributed by atoms with Gasteiger partial charge in [0.15, 0.2) is 0 Å². The minimum atomic E-state index is 0.136. The number of aromatic nitrogens is 1. The van der Waals surface area contributed by atoms with E-state index in [2.05, 4.69) is 75.3 Å². The van der Waals surface area contributed by atoms with Crippen LogP contribution in [0.15, 0.2) is 66.3 Å². The average molecular weight is 581 g/mol. The Kier molecular flexibility index (Phi) is 9.61. The Balaban J connectivity index is 1.02. The van der Waals surface area contributed by atoms with Crippen LogP contribution >= 0.6 is 0 Å². The van der Waals surface area contributed by atoms with Crippen molar-refractivity contribution in [2.45, 2.75) is 46.1 Å². The molecule has 2 aliphatic heterocycles. The lowest BCUT2D eigenvalue weighted by atomic mass is 10.0. The maximum absolute atomic E-state index is 13.2. The minimum absolute atomic E-state index is 0.136. The maximum atomic E-state index is 13.2. The van der Waals surface area contributed by atoms with Gasteiger partial charge in [-0.1, -0.05) is 23.8 Å². The molecule has 2 fully saturated rings. The number of carbonyl (C=O) groups is 1. The number of piperazine rings is 2. The van der Waals surface area contributed by atoms with Gasteiger partial charge in [-0.2, -0.15) is 0 Å². The number of allylic oxidation sites excluding steroid dienone is 3. The quantitative estimate of drug-likeness (QED) is 0.321. The van der Waals surface area contributed by atoms with E-state index in [1.54, 1.807) is 5.57 Å². The molecule has 0 spiro atoms. The Labute approximate surface area is 257 Å². The van der Waals surface area contributed by atoms with Crippen molar-refractivity contribution >= 4 is 28.2 Å². The molecule has 2 N–H and O–H groups in total. The molecule has 0 saturated carbocycles. The molecule has 228 valence electrons. The first-order valence-electron chi connectivity index (χ1n) is 16.3. The van der Waals surface area contributed by atoms with Gasteiger partial charge in [0.2, 0.25) is 0 Å². The number of fused-ring (bicyclic) bond motifs is 1. The first-order valence-corrected chi connectivity index (χ1v) is 16.3. The van der Waals surface area contributed by atoms with Crippen LogP contribution in [0.1, 0.15) is 47.3 Å². The zero-order chi connectivity index (χ0) is 29.6. The van der Waals surface area contributed by atoms with Crippen molar-refractivity contribution in [3.8, 4) is 0 Å². The summed E-state index contributed by atoms with van der Waals surface area (Å²) in [6.07, 6.45) is 11.4. The highest BCUT2D eigenvalue weighted by Crippen LogP contribution is 2.30. The molecule has 0 bridgehead atoms. The highest BCUT2D eigenvalue weighted by atomic mass is 16.2. The lowest BCUT2D eigenvalue weighted by Crippen LogP contribution is -2.48. The fraction of sp³-hybridized carbons (Fsp3) is 0.472. The third-order valence-corrected chi connectivity index (χ3v) is 9.63. The van der Waals surface area contributed by atoms with E-state index in [1.807, 2.05) is 29.2 Å². The first-order chi connectivity index (χ1) is 21.0. The highest BCUT2D eigenvalue weighted by molar-refractivity contribution is 5.95. The van der Waals surface area contributed by atoms with Crippen LogP contribution in [0, 0.1) is 13.8 Å². The molecular formula is C36H48N6O. The van der Waals surface area contributed by atoms with Crippen LogP contribution in [0.3, 0.4) is 0 Å². The molecule has 0 unspecified atom stereocenters. The number of carbonyl (C=O) groups excluding carboxylic acids is 1. The Bertz CT molecular complexity index is 1460. The molecule has 0 radical (unpaired) electrons. The summed E-state index contributed by atoms with van der Waals surface area (Å²) < 4.78 is 2.49. The number of aryl methyl sites for hydroxylation is 2. The number of nitrogens with zero attached hydrogens (tertiary/aromatic N) is 4. The Morgan fingerprint density at radius 3 is 2.35 bits per heavy atom. The number of amides is 1. The molecule has 2 saturated heterocycles. The van der Waals surface area contributed by atoms with E-state index in [9.17, 15) is 4.79 Å². The molecule has 3 heterocycles. The maximum Gasteiger partial charge on any atom is 0.253 e. The summed E-state index contributed by atoms with van der Waals surface area (Å²) in [6.45, 7) is 15.8. The average Bonchev–Trinajstić information content (AvgIpc) is 3.29. The van der Waals surface area contributed by atoms with Crippen molar-refractivity contribution in [2.24, 2.45) is 0 Å². The highest BCUT2D eigenvalue weighted by Gasteiger charge is 2.22. The molecule has 1 aliphatic carbocycles. The molecule has 0 atom stereocenters. The van der Waals surface area contributed by atoms with Gasteiger partial charge >= 0.3 is 0 Å². The number of nitrogens with one attached hydrogen (secondary N) is 2. The lowest BCUT2D eigenvalue weighted by molar-refractivity contribution is 0.0638. The van der Waals surface area contributed by atoms with E-state index >= 15 is 0 Å². The molecule has 43 heavy (non-hydrogen) atoms. The summed E-state index contributed by atoms with van der Waals surface area (Å²) in [5, 5.41) is 8.32. The molecule has 3 aromatic rings. The third kappa shape index (κ3) is 7.23. The number of rotatable bonds is 10. The fourth-order valence-corrected chi connectivity index (χ4v) is 6.79. The minimum Gasteiger partial charge on any atom is -0.356 e. The van der Waals surface area contributed by atoms with Crippen LogP contribution in [0.5, 0.6) is 0 Å². The summed E-state index contributed by atoms with van der Waals surface area (Å²) in [7, 11) is 0. The summed E-state index contributed by atoms with van der Waals surface area (Å²) in [6, 6.07) is 14.7. The predicted molar refractivity (Wildman–Crippen MR) is 178 cm³/mol. The second-order valence-corrected chi connectivity index (χ2v) is 12.4. The van der Waals surface area contributed by atoms with Gasteiger partial charge in [0.25, 0.3) is 5.91 Å². The van der Waals surface area contributed by atoms with E-state index in [4.69, 9.17) is 0 Å². The summed E-state index contributed by atoms with van der Waals surface area (Å²) in [4.78, 5) is 20.3. The number of benzene rings is 2. The smallest absolute Gasteiger partial charge is 0.253 e. The monoisotopic (exact) mass is 580 g/mol. The van der Waals surface area contributed by atoms with Gasteiger partial charge in [-0.05, 0) is 94.1 Å². The zero-order valence-corrected chi connectivity index (χ0v) is 26.1. The first kappa shape index (κ1) is 29.7. The topological polar surface area (TPSA) is 55.8 Å². The van der Waals surface area contributed by atoms with Gasteiger partial charge in [-0.25, -0.2) is 0 Å². The second-order valence-electron chi connectivity index (χ2n) is 12.4. The Morgan fingerprint density at radius 1 is 0.860 bits per heavy atom. The number of hydrogen-bond donors (Lipinski definition) is 2. The van der Waals surface area contributed by atoms with Gasteiger partial charge in [0, 0.05) is 99.0 Å². The Hall–Kier alpha value is -3.39. The second kappa shape index (κ2) is 13.9. The van der Waals surface area contributed by atoms with E-state index < -0.39 is 0 Å². The molecular weight excluding hydrogens is 532 g/mol. The summed E-state index contributed by atoms with van der Waals surface area (Å²) in [5.74, 6) is 0.136. The zero-order valence-electron chi connectivity index (χ0n) is 26.1. The summed E-state index contributed by atoms with van der Waals surface area (Å²) in [5.41, 5.74) is 8.40. The van der Waals surface area contributed by atoms with Crippen molar-refractivity contribution in [1.29, 1.82) is 0 Å². The van der Waals surface area contributed by atoms with Crippen molar-refractivity contribution in [2.75, 3.05) is 70.8 Å². The van der Waals surface area contributed by atoms with Crippen LogP contribution in [0.2, 0.25) is 0 Å². The normalized spacial score (nSPS) is 18.3. The van der Waals surface area contributed by atoms with Crippen molar-refractivity contribution in [3.05, 3.63) is 83.1 Å². The number of anilines is 2. The van der Waals surface area contributed by atoms with E-state index in [0.717, 1.165) is 95.4 Å². The molecule has 7 nitrogen and oxygen atoms in total. The van der Waals surface area contributed by atoms with Crippen LogP contribution < -0.4 is 10.6 Å². The fourth-order valence-electron chi connectivity index (χ4n) is 6.79. The van der Waals surface area contributed by atoms with Crippen LogP contribution in [0.4, 0.5) is 11.4 Å². The van der Waals surface area contributed by atoms with Crippen molar-refractivity contribution in [1.82, 2.24) is 24.6 Å². The third-order valence-electron chi connectivity index (χ3n) is 9.63. The molecule has 1 amide bonds. The van der Waals surface area contributed by atoms with Crippen molar-refractivity contribution < 1.29 is 4.79 Å². The molecule has 6 rings (SSSR count). The van der Waals surface area contributed by atoms with E-state index in [0.29, 0.717) is 0 Å². The van der Waals surface area contributed by atoms with Gasteiger partial charge in [0.1, 0.15) is 0 Å². The van der Waals surface area contributed by atoms with E-state index in [-0.39, 0.29) is 5.91 Å². The van der Waals surface area contributed by atoms with Crippen molar-refractivity contribution in [3.63, 3.8) is 0 Å². The number of hydrogen-bond acceptors (Lipinski definition) is 5. The predicted octanol–water partition coefficient (Wildman–Crippen LogP) is 5.72. The molecule has 7 heteroatoms. The van der Waals surface area contributed by atoms with Gasteiger partial charge < -0.3 is 25.0 Å². The SMILES string of the molecule is Cc1c(C)n(CCCN2CCNCC2)c2ccc(Nc3ccc(C(=O)N4CCN(CCC5=CC=CCC5)CC4)cc3)cc12. The standard InChI is InChI=1S/C36H48N6O/c1-28-29(2)42(19-6-18-39-21-16-37-17-22-39)35-14-13-33(27-34(28)35)38-32-11-9-31(10-12-32)36(43)41-25-23-40(24-26-41)20-15-30-7-4-3-5-8-30/h3-4,7,9-14,27,37-38H,5-6,8,15-26H2,1-2H3. The largest absolute Gasteiger partial charge is 0.356 e. The Morgan fingerprint density at radius 2 is 1.60 bits per heavy atom. The lowest BCUT2D eigenvalue weighted by Gasteiger charge is -2.35. The molecule has 1 aromatic heterocycles. The van der Waals surface area contributed by atoms with Crippen LogP contribution in [0.25, 0.3) is 10.9 Å². The van der Waals surface area contributed by atoms with Gasteiger partial charge in [0.05, 0.1) is 0 Å². The molecule has 3 aliphatic rings.